The van der Waals surface area contributed by atoms with Crippen molar-refractivity contribution in [3.8, 4) is 0 Å². The number of ether oxygens (including phenoxy) is 1. The van der Waals surface area contributed by atoms with Crippen molar-refractivity contribution in [2.45, 2.75) is 26.3 Å². The Hall–Kier alpha value is -2.07. The first kappa shape index (κ1) is 15.8. The highest BCUT2D eigenvalue weighted by atomic mass is 16.5. The Labute approximate surface area is 137 Å². The van der Waals surface area contributed by atoms with Gasteiger partial charge in [-0.3, -0.25) is 4.79 Å². The lowest BCUT2D eigenvalue weighted by atomic mass is 9.99. The van der Waals surface area contributed by atoms with Crippen molar-refractivity contribution in [1.29, 1.82) is 0 Å². The average molecular weight is 313 g/mol. The van der Waals surface area contributed by atoms with Gasteiger partial charge in [0.1, 0.15) is 0 Å². The highest BCUT2D eigenvalue weighted by Crippen LogP contribution is 2.20. The fourth-order valence-corrected chi connectivity index (χ4v) is 3.00. The van der Waals surface area contributed by atoms with Crippen LogP contribution in [0.15, 0.2) is 47.1 Å². The van der Waals surface area contributed by atoms with E-state index in [0.717, 1.165) is 43.7 Å². The number of furan rings is 1. The van der Waals surface area contributed by atoms with Gasteiger partial charge in [-0.1, -0.05) is 30.3 Å². The highest BCUT2D eigenvalue weighted by Gasteiger charge is 2.25. The van der Waals surface area contributed by atoms with E-state index in [9.17, 15) is 4.79 Å². The Morgan fingerprint density at radius 2 is 1.91 bits per heavy atom. The molecule has 1 saturated heterocycles. The number of rotatable bonds is 5. The predicted octanol–water partition coefficient (Wildman–Crippen LogP) is 3.66. The summed E-state index contributed by atoms with van der Waals surface area (Å²) in [6.07, 6.45) is 3.60. The molecule has 2 heterocycles. The van der Waals surface area contributed by atoms with Crippen LogP contribution in [0.2, 0.25) is 0 Å². The number of amides is 1. The van der Waals surface area contributed by atoms with Crippen LogP contribution >= 0.6 is 0 Å². The summed E-state index contributed by atoms with van der Waals surface area (Å²) in [5.74, 6) is 0.919. The fourth-order valence-electron chi connectivity index (χ4n) is 3.00. The highest BCUT2D eigenvalue weighted by molar-refractivity contribution is 5.92. The van der Waals surface area contributed by atoms with Gasteiger partial charge in [0.15, 0.2) is 5.76 Å². The van der Waals surface area contributed by atoms with E-state index < -0.39 is 0 Å². The van der Waals surface area contributed by atoms with Crippen LogP contribution in [0, 0.1) is 12.8 Å². The van der Waals surface area contributed by atoms with Crippen LogP contribution in [0.4, 0.5) is 0 Å². The molecule has 1 aromatic carbocycles. The molecule has 0 N–H and O–H groups in total. The number of nitrogens with zero attached hydrogens (tertiary/aromatic N) is 1. The normalized spacial score (nSPS) is 15.5. The summed E-state index contributed by atoms with van der Waals surface area (Å²) in [6, 6.07) is 11.9. The molecule has 1 aliphatic rings. The number of benzene rings is 1. The maximum Gasteiger partial charge on any atom is 0.290 e. The Morgan fingerprint density at radius 1 is 1.17 bits per heavy atom. The van der Waals surface area contributed by atoms with Crippen LogP contribution in [-0.2, 0) is 11.3 Å². The number of carbonyl (C=O) groups excluding carboxylic acids is 1. The molecule has 2 aromatic rings. The zero-order chi connectivity index (χ0) is 16.1. The van der Waals surface area contributed by atoms with Gasteiger partial charge in [0.05, 0.1) is 6.26 Å². The van der Waals surface area contributed by atoms with Crippen LogP contribution in [0.3, 0.4) is 0 Å². The molecule has 0 radical (unpaired) electrons. The number of carbonyl (C=O) groups is 1. The first-order valence-corrected chi connectivity index (χ1v) is 8.19. The zero-order valence-electron chi connectivity index (χ0n) is 13.5. The second-order valence-corrected chi connectivity index (χ2v) is 6.16. The summed E-state index contributed by atoms with van der Waals surface area (Å²) in [5, 5.41) is 0. The van der Waals surface area contributed by atoms with E-state index in [1.165, 1.54) is 0 Å². The Balaban J connectivity index is 1.77. The van der Waals surface area contributed by atoms with Crippen LogP contribution in [-0.4, -0.2) is 30.6 Å². The van der Waals surface area contributed by atoms with Gasteiger partial charge in [-0.2, -0.15) is 0 Å². The van der Waals surface area contributed by atoms with Gasteiger partial charge in [-0.15, -0.1) is 0 Å². The number of aryl methyl sites for hydroxylation is 1. The lowest BCUT2D eigenvalue weighted by Crippen LogP contribution is -2.36. The largest absolute Gasteiger partial charge is 0.459 e. The maximum absolute atomic E-state index is 12.9. The Morgan fingerprint density at radius 3 is 2.57 bits per heavy atom. The summed E-state index contributed by atoms with van der Waals surface area (Å²) >= 11 is 0. The van der Waals surface area contributed by atoms with E-state index in [1.54, 1.807) is 6.26 Å². The molecule has 4 nitrogen and oxygen atoms in total. The first-order chi connectivity index (χ1) is 11.2. The molecule has 1 fully saturated rings. The summed E-state index contributed by atoms with van der Waals surface area (Å²) < 4.78 is 10.8. The fraction of sp³-hybridized carbons (Fsp3) is 0.421. The Bertz CT molecular complexity index is 629. The van der Waals surface area contributed by atoms with E-state index in [0.29, 0.717) is 18.2 Å². The molecule has 1 aromatic heterocycles. The quantitative estimate of drug-likeness (QED) is 0.846. The maximum atomic E-state index is 12.9. The molecule has 3 rings (SSSR count). The topological polar surface area (TPSA) is 42.7 Å². The lowest BCUT2D eigenvalue weighted by molar-refractivity contribution is 0.0431. The van der Waals surface area contributed by atoms with Gasteiger partial charge in [0.2, 0.25) is 0 Å². The second kappa shape index (κ2) is 7.47. The van der Waals surface area contributed by atoms with Gasteiger partial charge in [0, 0.05) is 31.9 Å². The van der Waals surface area contributed by atoms with Gasteiger partial charge < -0.3 is 14.1 Å². The molecule has 0 bridgehead atoms. The van der Waals surface area contributed by atoms with Crippen molar-refractivity contribution in [2.75, 3.05) is 19.8 Å². The molecule has 0 atom stereocenters. The van der Waals surface area contributed by atoms with Gasteiger partial charge in [-0.05, 0) is 37.3 Å². The smallest absolute Gasteiger partial charge is 0.290 e. The SMILES string of the molecule is Cc1ccoc1C(=O)N(Cc1ccccc1)CC1CCOCC1. The van der Waals surface area contributed by atoms with Crippen molar-refractivity contribution >= 4 is 5.91 Å². The molecule has 1 aliphatic heterocycles. The molecule has 23 heavy (non-hydrogen) atoms. The van der Waals surface area contributed by atoms with Gasteiger partial charge in [0.25, 0.3) is 5.91 Å². The summed E-state index contributed by atoms with van der Waals surface area (Å²) in [5.41, 5.74) is 2.03. The summed E-state index contributed by atoms with van der Waals surface area (Å²) in [4.78, 5) is 14.8. The molecule has 0 spiro atoms. The van der Waals surface area contributed by atoms with Crippen molar-refractivity contribution in [2.24, 2.45) is 5.92 Å². The lowest BCUT2D eigenvalue weighted by Gasteiger charge is -2.29. The summed E-state index contributed by atoms with van der Waals surface area (Å²) in [7, 11) is 0. The van der Waals surface area contributed by atoms with Crippen LogP contribution in [0.25, 0.3) is 0 Å². The average Bonchev–Trinajstić information content (AvgIpc) is 3.01. The third-order valence-corrected chi connectivity index (χ3v) is 4.38. The first-order valence-electron chi connectivity index (χ1n) is 8.19. The molecule has 0 aliphatic carbocycles. The summed E-state index contributed by atoms with van der Waals surface area (Å²) in [6.45, 7) is 4.84. The second-order valence-electron chi connectivity index (χ2n) is 6.16. The van der Waals surface area contributed by atoms with Crippen molar-refractivity contribution < 1.29 is 13.9 Å². The van der Waals surface area contributed by atoms with Crippen LogP contribution < -0.4 is 0 Å². The monoisotopic (exact) mass is 313 g/mol. The zero-order valence-corrected chi connectivity index (χ0v) is 13.5. The molecule has 0 unspecified atom stereocenters. The Kier molecular flexibility index (Phi) is 5.13. The van der Waals surface area contributed by atoms with Crippen LogP contribution in [0.1, 0.15) is 34.5 Å². The standard InChI is InChI=1S/C19H23NO3/c1-15-7-12-23-18(15)19(21)20(13-16-5-3-2-4-6-16)14-17-8-10-22-11-9-17/h2-7,12,17H,8-11,13-14H2,1H3. The minimum Gasteiger partial charge on any atom is -0.459 e. The third kappa shape index (κ3) is 4.02. The van der Waals surface area contributed by atoms with Gasteiger partial charge in [-0.25, -0.2) is 0 Å². The van der Waals surface area contributed by atoms with E-state index in [4.69, 9.17) is 9.15 Å². The third-order valence-electron chi connectivity index (χ3n) is 4.38. The molecule has 4 heteroatoms. The number of hydrogen-bond acceptors (Lipinski definition) is 3. The number of hydrogen-bond donors (Lipinski definition) is 0. The predicted molar refractivity (Wildman–Crippen MR) is 88.2 cm³/mol. The van der Waals surface area contributed by atoms with E-state index in [2.05, 4.69) is 12.1 Å². The van der Waals surface area contributed by atoms with E-state index >= 15 is 0 Å². The van der Waals surface area contributed by atoms with Crippen molar-refractivity contribution in [1.82, 2.24) is 4.90 Å². The minimum absolute atomic E-state index is 0.0251. The van der Waals surface area contributed by atoms with E-state index in [1.807, 2.05) is 36.1 Å². The molecular formula is C19H23NO3. The molecular weight excluding hydrogens is 290 g/mol. The molecule has 1 amide bonds. The van der Waals surface area contributed by atoms with Gasteiger partial charge >= 0.3 is 0 Å². The van der Waals surface area contributed by atoms with Crippen molar-refractivity contribution in [3.63, 3.8) is 0 Å². The molecule has 122 valence electrons. The van der Waals surface area contributed by atoms with Crippen LogP contribution in [0.5, 0.6) is 0 Å². The van der Waals surface area contributed by atoms with Crippen molar-refractivity contribution in [3.05, 3.63) is 59.5 Å². The van der Waals surface area contributed by atoms with E-state index in [-0.39, 0.29) is 5.91 Å². The molecule has 0 saturated carbocycles. The minimum atomic E-state index is -0.0251.